The standard InChI is InChI=1S/C15H13NO2.C2HF3O2/c1-9(17)18-15-13-8-10-4-2-3-5-11(10)12(13)6-7-14(15)16;3-2(4,5)1(6)7/h2-7H,8,16H2,1H3;(H,6,7). The second-order valence-electron chi connectivity index (χ2n) is 5.24. The first-order valence-electron chi connectivity index (χ1n) is 7.09. The lowest BCUT2D eigenvalue weighted by atomic mass is 10.0. The monoisotopic (exact) mass is 353 g/mol. The number of alkyl halides is 3. The molecule has 5 nitrogen and oxygen atoms in total. The highest BCUT2D eigenvalue weighted by Gasteiger charge is 2.38. The van der Waals surface area contributed by atoms with Crippen molar-refractivity contribution < 1.29 is 32.6 Å². The van der Waals surface area contributed by atoms with E-state index in [0.29, 0.717) is 11.4 Å². The Morgan fingerprint density at radius 1 is 1.12 bits per heavy atom. The Kier molecular flexibility index (Phi) is 5.01. The number of aliphatic carboxylic acids is 1. The number of fused-ring (bicyclic) bond motifs is 3. The third-order valence-electron chi connectivity index (χ3n) is 3.45. The van der Waals surface area contributed by atoms with Crippen LogP contribution >= 0.6 is 0 Å². The Hall–Kier alpha value is -3.03. The highest BCUT2D eigenvalue weighted by atomic mass is 19.4. The number of hydrogen-bond donors (Lipinski definition) is 2. The molecule has 2 aromatic carbocycles. The molecule has 0 spiro atoms. The van der Waals surface area contributed by atoms with Gasteiger partial charge in [-0.25, -0.2) is 4.79 Å². The van der Waals surface area contributed by atoms with E-state index in [1.165, 1.54) is 18.1 Å². The van der Waals surface area contributed by atoms with Crippen molar-refractivity contribution in [2.75, 3.05) is 5.73 Å². The molecule has 3 rings (SSSR count). The molecule has 8 heteroatoms. The summed E-state index contributed by atoms with van der Waals surface area (Å²) in [5.74, 6) is -2.59. The minimum Gasteiger partial charge on any atom is -0.475 e. The van der Waals surface area contributed by atoms with Gasteiger partial charge in [0, 0.05) is 18.9 Å². The lowest BCUT2D eigenvalue weighted by Gasteiger charge is -2.10. The largest absolute Gasteiger partial charge is 0.490 e. The molecule has 25 heavy (non-hydrogen) atoms. The van der Waals surface area contributed by atoms with Crippen LogP contribution in [0.4, 0.5) is 18.9 Å². The van der Waals surface area contributed by atoms with E-state index < -0.39 is 12.1 Å². The van der Waals surface area contributed by atoms with Gasteiger partial charge < -0.3 is 15.6 Å². The van der Waals surface area contributed by atoms with Crippen molar-refractivity contribution in [3.05, 3.63) is 47.5 Å². The van der Waals surface area contributed by atoms with Crippen LogP contribution in [-0.4, -0.2) is 23.2 Å². The van der Waals surface area contributed by atoms with Crippen molar-refractivity contribution in [1.82, 2.24) is 0 Å². The zero-order valence-electron chi connectivity index (χ0n) is 13.1. The topological polar surface area (TPSA) is 89.6 Å². The maximum atomic E-state index is 11.2. The average Bonchev–Trinajstić information content (AvgIpc) is 2.88. The smallest absolute Gasteiger partial charge is 0.475 e. The molecule has 0 saturated heterocycles. The fourth-order valence-electron chi connectivity index (χ4n) is 2.47. The summed E-state index contributed by atoms with van der Waals surface area (Å²) in [5.41, 5.74) is 11.0. The Morgan fingerprint density at radius 3 is 2.28 bits per heavy atom. The van der Waals surface area contributed by atoms with Crippen LogP contribution in [0, 0.1) is 0 Å². The van der Waals surface area contributed by atoms with Crippen molar-refractivity contribution in [2.24, 2.45) is 0 Å². The number of rotatable bonds is 1. The summed E-state index contributed by atoms with van der Waals surface area (Å²) in [6.45, 7) is 1.39. The summed E-state index contributed by atoms with van der Waals surface area (Å²) in [7, 11) is 0. The van der Waals surface area contributed by atoms with Gasteiger partial charge in [-0.3, -0.25) is 4.79 Å². The van der Waals surface area contributed by atoms with E-state index in [9.17, 15) is 18.0 Å². The van der Waals surface area contributed by atoms with E-state index in [2.05, 4.69) is 12.1 Å². The molecule has 3 N–H and O–H groups in total. The quantitative estimate of drug-likeness (QED) is 0.398. The zero-order valence-corrected chi connectivity index (χ0v) is 13.1. The number of halogens is 3. The Labute approximate surface area is 140 Å². The van der Waals surface area contributed by atoms with Gasteiger partial charge in [0.1, 0.15) is 0 Å². The van der Waals surface area contributed by atoms with E-state index in [1.54, 1.807) is 6.07 Å². The second kappa shape index (κ2) is 6.84. The van der Waals surface area contributed by atoms with Gasteiger partial charge in [0.2, 0.25) is 0 Å². The minimum atomic E-state index is -5.08. The SMILES string of the molecule is CC(=O)Oc1c(N)ccc2c1Cc1ccccc1-2.O=C(O)C(F)(F)F. The molecular weight excluding hydrogens is 339 g/mol. The predicted molar refractivity (Wildman–Crippen MR) is 84.1 cm³/mol. The first kappa shape index (κ1) is 18.3. The molecule has 0 atom stereocenters. The van der Waals surface area contributed by atoms with Gasteiger partial charge in [0.05, 0.1) is 5.69 Å². The van der Waals surface area contributed by atoms with E-state index in [-0.39, 0.29) is 5.97 Å². The first-order valence-corrected chi connectivity index (χ1v) is 7.09. The number of carboxylic acids is 1. The van der Waals surface area contributed by atoms with E-state index in [1.807, 2.05) is 18.2 Å². The number of carboxylic acid groups (broad SMARTS) is 1. The predicted octanol–water partition coefficient (Wildman–Crippen LogP) is 3.40. The number of ether oxygens (including phenoxy) is 1. The van der Waals surface area contributed by atoms with Gasteiger partial charge in [-0.15, -0.1) is 0 Å². The summed E-state index contributed by atoms with van der Waals surface area (Å²) < 4.78 is 37.0. The van der Waals surface area contributed by atoms with Crippen LogP contribution in [-0.2, 0) is 16.0 Å². The van der Waals surface area contributed by atoms with E-state index in [0.717, 1.165) is 17.5 Å². The van der Waals surface area contributed by atoms with Crippen molar-refractivity contribution in [3.8, 4) is 16.9 Å². The minimum absolute atomic E-state index is 0.342. The molecule has 2 aromatic rings. The van der Waals surface area contributed by atoms with Crippen LogP contribution < -0.4 is 10.5 Å². The number of nitrogen functional groups attached to an aromatic ring is 1. The maximum Gasteiger partial charge on any atom is 0.490 e. The highest BCUT2D eigenvalue weighted by molar-refractivity contribution is 5.84. The van der Waals surface area contributed by atoms with Crippen LogP contribution in [0.25, 0.3) is 11.1 Å². The molecule has 0 fully saturated rings. The highest BCUT2D eigenvalue weighted by Crippen LogP contribution is 2.43. The number of carbonyl (C=O) groups excluding carboxylic acids is 1. The third kappa shape index (κ3) is 4.09. The number of carbonyl (C=O) groups is 2. The van der Waals surface area contributed by atoms with Gasteiger partial charge >= 0.3 is 18.1 Å². The summed E-state index contributed by atoms with van der Waals surface area (Å²) >= 11 is 0. The average molecular weight is 353 g/mol. The molecule has 0 radical (unpaired) electrons. The fourth-order valence-corrected chi connectivity index (χ4v) is 2.47. The fraction of sp³-hybridized carbons (Fsp3) is 0.176. The number of nitrogens with two attached hydrogens (primary N) is 1. The van der Waals surface area contributed by atoms with Crippen molar-refractivity contribution in [3.63, 3.8) is 0 Å². The molecule has 0 aromatic heterocycles. The lowest BCUT2D eigenvalue weighted by Crippen LogP contribution is -2.21. The summed E-state index contributed by atoms with van der Waals surface area (Å²) in [6, 6.07) is 12.0. The molecule has 1 aliphatic rings. The number of hydrogen-bond acceptors (Lipinski definition) is 4. The van der Waals surface area contributed by atoms with Gasteiger partial charge in [-0.1, -0.05) is 30.3 Å². The molecule has 0 heterocycles. The molecule has 0 unspecified atom stereocenters. The van der Waals surface area contributed by atoms with Gasteiger partial charge in [-0.2, -0.15) is 13.2 Å². The van der Waals surface area contributed by atoms with Crippen LogP contribution in [0.2, 0.25) is 0 Å². The van der Waals surface area contributed by atoms with Crippen molar-refractivity contribution in [1.29, 1.82) is 0 Å². The first-order chi connectivity index (χ1) is 11.6. The third-order valence-corrected chi connectivity index (χ3v) is 3.45. The summed E-state index contributed by atoms with van der Waals surface area (Å²) in [6.07, 6.45) is -4.32. The molecule has 0 saturated carbocycles. The van der Waals surface area contributed by atoms with Crippen molar-refractivity contribution in [2.45, 2.75) is 19.5 Å². The van der Waals surface area contributed by atoms with Gasteiger partial charge in [0.25, 0.3) is 0 Å². The van der Waals surface area contributed by atoms with E-state index >= 15 is 0 Å². The van der Waals surface area contributed by atoms with Gasteiger partial charge in [0.15, 0.2) is 5.75 Å². The Morgan fingerprint density at radius 2 is 1.72 bits per heavy atom. The van der Waals surface area contributed by atoms with Crippen LogP contribution in [0.1, 0.15) is 18.1 Å². The van der Waals surface area contributed by atoms with Gasteiger partial charge in [-0.05, 0) is 22.8 Å². The molecule has 0 bridgehead atoms. The number of esters is 1. The maximum absolute atomic E-state index is 11.2. The normalized spacial score (nSPS) is 11.7. The summed E-state index contributed by atoms with van der Waals surface area (Å²) in [5, 5.41) is 7.12. The number of benzene rings is 2. The van der Waals surface area contributed by atoms with Crippen LogP contribution in [0.5, 0.6) is 5.75 Å². The zero-order chi connectivity index (χ0) is 18.8. The van der Waals surface area contributed by atoms with Crippen LogP contribution in [0.3, 0.4) is 0 Å². The molecule has 1 aliphatic carbocycles. The second-order valence-corrected chi connectivity index (χ2v) is 5.24. The van der Waals surface area contributed by atoms with Crippen LogP contribution in [0.15, 0.2) is 36.4 Å². The molecule has 0 amide bonds. The Balaban J connectivity index is 0.000000277. The number of anilines is 1. The molecule has 132 valence electrons. The lowest BCUT2D eigenvalue weighted by molar-refractivity contribution is -0.192. The van der Waals surface area contributed by atoms with Crippen molar-refractivity contribution >= 4 is 17.6 Å². The summed E-state index contributed by atoms with van der Waals surface area (Å²) in [4.78, 5) is 20.1. The molecule has 0 aliphatic heterocycles. The molecular formula is C17H14F3NO4. The Bertz CT molecular complexity index is 831. The van der Waals surface area contributed by atoms with E-state index in [4.69, 9.17) is 20.4 Å².